The van der Waals surface area contributed by atoms with Crippen molar-refractivity contribution in [1.82, 2.24) is 4.90 Å². The largest absolute Gasteiger partial charge is 0.446 e. The fraction of sp³-hybridized carbons (Fsp3) is 0.400. The van der Waals surface area contributed by atoms with Crippen molar-refractivity contribution < 1.29 is 19.1 Å². The van der Waals surface area contributed by atoms with Gasteiger partial charge in [-0.05, 0) is 18.9 Å². The molecule has 0 N–H and O–H groups in total. The van der Waals surface area contributed by atoms with Crippen LogP contribution < -0.4 is 0 Å². The molecule has 0 spiro atoms. The first-order valence-corrected chi connectivity index (χ1v) is 6.60. The molecule has 5 heteroatoms. The van der Waals surface area contributed by atoms with Gasteiger partial charge in [-0.25, -0.2) is 9.69 Å². The molecular weight excluding hydrogens is 258 g/mol. The topological polar surface area (TPSA) is 63.7 Å². The van der Waals surface area contributed by atoms with Crippen molar-refractivity contribution in [3.05, 3.63) is 35.9 Å². The van der Waals surface area contributed by atoms with Crippen LogP contribution in [0.15, 0.2) is 30.3 Å². The van der Waals surface area contributed by atoms with E-state index < -0.39 is 23.3 Å². The van der Waals surface area contributed by atoms with Crippen LogP contribution in [0.5, 0.6) is 0 Å². The fourth-order valence-electron chi connectivity index (χ4n) is 2.31. The van der Waals surface area contributed by atoms with E-state index in [2.05, 4.69) is 0 Å². The predicted molar refractivity (Wildman–Crippen MR) is 71.9 cm³/mol. The summed E-state index contributed by atoms with van der Waals surface area (Å²) in [5, 5.41) is 0. The normalized spacial score (nSPS) is 21.7. The maximum absolute atomic E-state index is 12.2. The number of ketones is 1. The van der Waals surface area contributed by atoms with E-state index in [1.807, 2.05) is 37.3 Å². The predicted octanol–water partition coefficient (Wildman–Crippen LogP) is 2.25. The molecule has 2 amide bonds. The van der Waals surface area contributed by atoms with Crippen LogP contribution >= 0.6 is 0 Å². The van der Waals surface area contributed by atoms with Gasteiger partial charge in [0.1, 0.15) is 12.1 Å². The lowest BCUT2D eigenvalue weighted by Crippen LogP contribution is -2.48. The van der Waals surface area contributed by atoms with Gasteiger partial charge in [0.05, 0.1) is 0 Å². The van der Waals surface area contributed by atoms with Crippen molar-refractivity contribution >= 4 is 17.8 Å². The van der Waals surface area contributed by atoms with E-state index in [-0.39, 0.29) is 13.0 Å². The first kappa shape index (κ1) is 14.2. The Morgan fingerprint density at radius 1 is 1.30 bits per heavy atom. The van der Waals surface area contributed by atoms with Gasteiger partial charge in [-0.15, -0.1) is 0 Å². The Balaban J connectivity index is 2.36. The number of carbonyl (C=O) groups is 3. The van der Waals surface area contributed by atoms with Crippen molar-refractivity contribution in [2.45, 2.75) is 32.2 Å². The third-order valence-electron chi connectivity index (χ3n) is 3.47. The van der Waals surface area contributed by atoms with Gasteiger partial charge in [-0.1, -0.05) is 37.3 Å². The summed E-state index contributed by atoms with van der Waals surface area (Å²) in [6, 6.07) is 9.11. The highest BCUT2D eigenvalue weighted by molar-refractivity contribution is 6.38. The lowest BCUT2D eigenvalue weighted by Gasteiger charge is -2.30. The lowest BCUT2D eigenvalue weighted by atomic mass is 9.91. The minimum atomic E-state index is -0.932. The van der Waals surface area contributed by atoms with Crippen molar-refractivity contribution in [3.8, 4) is 0 Å². The van der Waals surface area contributed by atoms with Crippen LogP contribution in [0.1, 0.15) is 32.3 Å². The maximum Gasteiger partial charge on any atom is 0.417 e. The van der Waals surface area contributed by atoms with E-state index >= 15 is 0 Å². The number of amides is 2. The van der Waals surface area contributed by atoms with Crippen molar-refractivity contribution in [2.75, 3.05) is 6.61 Å². The van der Waals surface area contributed by atoms with Crippen LogP contribution in [-0.4, -0.2) is 29.3 Å². The molecule has 0 saturated carbocycles. The molecule has 1 aromatic carbocycles. The zero-order valence-corrected chi connectivity index (χ0v) is 11.6. The van der Waals surface area contributed by atoms with E-state index in [1.165, 1.54) is 0 Å². The van der Waals surface area contributed by atoms with Crippen molar-refractivity contribution in [1.29, 1.82) is 0 Å². The van der Waals surface area contributed by atoms with Gasteiger partial charge in [0, 0.05) is 6.42 Å². The molecule has 0 radical (unpaired) electrons. The molecule has 1 fully saturated rings. The second-order valence-corrected chi connectivity index (χ2v) is 5.01. The minimum absolute atomic E-state index is 0.0565. The number of nitrogens with zero attached hydrogens (tertiary/aromatic N) is 1. The summed E-state index contributed by atoms with van der Waals surface area (Å²) in [5.41, 5.74) is -0.165. The summed E-state index contributed by atoms with van der Waals surface area (Å²) in [7, 11) is 0. The quantitative estimate of drug-likeness (QED) is 0.791. The Bertz CT molecular complexity index is 540. The molecule has 1 unspecified atom stereocenters. The summed E-state index contributed by atoms with van der Waals surface area (Å²) in [5.74, 6) is -1.35. The van der Waals surface area contributed by atoms with E-state index in [9.17, 15) is 14.4 Å². The molecule has 106 valence electrons. The molecule has 1 aromatic rings. The number of rotatable bonds is 4. The Morgan fingerprint density at radius 3 is 2.55 bits per heavy atom. The molecule has 1 heterocycles. The van der Waals surface area contributed by atoms with Crippen LogP contribution in [0.2, 0.25) is 0 Å². The van der Waals surface area contributed by atoms with Crippen LogP contribution in [0.25, 0.3) is 0 Å². The molecule has 0 aromatic heterocycles. The van der Waals surface area contributed by atoms with Crippen LogP contribution in [-0.2, 0) is 19.9 Å². The van der Waals surface area contributed by atoms with Gasteiger partial charge in [-0.2, -0.15) is 0 Å². The SMILES string of the molecule is CCCC(=O)C(=O)N1C(=O)OCC1(C)c1ccccc1. The third kappa shape index (κ3) is 2.31. The standard InChI is InChI=1S/C15H17NO4/c1-3-7-12(17)13(18)16-14(19)20-10-15(16,2)11-8-5-4-6-9-11/h4-6,8-9H,3,7,10H2,1-2H3. The Hall–Kier alpha value is -2.17. The summed E-state index contributed by atoms with van der Waals surface area (Å²) in [4.78, 5) is 36.8. The van der Waals surface area contributed by atoms with Gasteiger partial charge < -0.3 is 4.74 Å². The molecule has 1 aliphatic rings. The highest BCUT2D eigenvalue weighted by Gasteiger charge is 2.50. The molecule has 1 atom stereocenters. The number of benzene rings is 1. The highest BCUT2D eigenvalue weighted by Crippen LogP contribution is 2.34. The number of hydrogen-bond acceptors (Lipinski definition) is 4. The second kappa shape index (κ2) is 5.45. The molecule has 5 nitrogen and oxygen atoms in total. The Kier molecular flexibility index (Phi) is 3.88. The summed E-state index contributed by atoms with van der Waals surface area (Å²) >= 11 is 0. The van der Waals surface area contributed by atoms with Gasteiger partial charge in [0.25, 0.3) is 5.91 Å². The van der Waals surface area contributed by atoms with E-state index in [4.69, 9.17) is 4.74 Å². The summed E-state index contributed by atoms with van der Waals surface area (Å²) < 4.78 is 5.00. The third-order valence-corrected chi connectivity index (χ3v) is 3.47. The first-order valence-electron chi connectivity index (χ1n) is 6.60. The van der Waals surface area contributed by atoms with Crippen molar-refractivity contribution in [2.24, 2.45) is 0 Å². The lowest BCUT2D eigenvalue weighted by molar-refractivity contribution is -0.145. The average molecular weight is 275 g/mol. The molecule has 1 saturated heterocycles. The molecule has 20 heavy (non-hydrogen) atoms. The number of imide groups is 1. The van der Waals surface area contributed by atoms with Crippen LogP contribution in [0.4, 0.5) is 4.79 Å². The smallest absolute Gasteiger partial charge is 0.417 e. The minimum Gasteiger partial charge on any atom is -0.446 e. The number of Topliss-reactive ketones (excluding diaryl/α,β-unsaturated/α-hetero) is 1. The molecule has 0 bridgehead atoms. The van der Waals surface area contributed by atoms with Gasteiger partial charge in [0.15, 0.2) is 0 Å². The van der Waals surface area contributed by atoms with Gasteiger partial charge in [0.2, 0.25) is 5.78 Å². The summed E-state index contributed by atoms with van der Waals surface area (Å²) in [6.07, 6.45) is -0.0611. The molecular formula is C15H17NO4. The van der Waals surface area contributed by atoms with Crippen LogP contribution in [0.3, 0.4) is 0 Å². The average Bonchev–Trinajstić information content (AvgIpc) is 2.76. The van der Waals surface area contributed by atoms with Crippen molar-refractivity contribution in [3.63, 3.8) is 0 Å². The fourth-order valence-corrected chi connectivity index (χ4v) is 2.31. The van der Waals surface area contributed by atoms with Gasteiger partial charge in [-0.3, -0.25) is 9.59 Å². The molecule has 0 aliphatic carbocycles. The maximum atomic E-state index is 12.2. The molecule has 2 rings (SSSR count). The van der Waals surface area contributed by atoms with Gasteiger partial charge >= 0.3 is 6.09 Å². The zero-order valence-electron chi connectivity index (χ0n) is 11.6. The number of hydrogen-bond donors (Lipinski definition) is 0. The monoisotopic (exact) mass is 275 g/mol. The molecule has 1 aliphatic heterocycles. The summed E-state index contributed by atoms with van der Waals surface area (Å²) in [6.45, 7) is 3.59. The number of carbonyl (C=O) groups excluding carboxylic acids is 3. The zero-order chi connectivity index (χ0) is 14.8. The Labute approximate surface area is 117 Å². The first-order chi connectivity index (χ1) is 9.50. The highest BCUT2D eigenvalue weighted by atomic mass is 16.6. The Morgan fingerprint density at radius 2 is 1.95 bits per heavy atom. The van der Waals surface area contributed by atoms with E-state index in [1.54, 1.807) is 6.92 Å². The van der Waals surface area contributed by atoms with E-state index in [0.717, 1.165) is 10.5 Å². The second-order valence-electron chi connectivity index (χ2n) is 5.01. The van der Waals surface area contributed by atoms with E-state index in [0.29, 0.717) is 6.42 Å². The number of cyclic esters (lactones) is 1. The number of ether oxygens (including phenoxy) is 1. The van der Waals surface area contributed by atoms with Crippen LogP contribution in [0, 0.1) is 0 Å².